The summed E-state index contributed by atoms with van der Waals surface area (Å²) in [5.41, 5.74) is 2.07. The molecule has 0 aromatic heterocycles. The number of hydrogen-bond acceptors (Lipinski definition) is 5. The zero-order chi connectivity index (χ0) is 34.4. The van der Waals surface area contributed by atoms with Crippen molar-refractivity contribution in [1.29, 1.82) is 0 Å². The van der Waals surface area contributed by atoms with Crippen LogP contribution in [0.3, 0.4) is 0 Å². The van der Waals surface area contributed by atoms with Gasteiger partial charge in [0.2, 0.25) is 11.8 Å². The number of sulfonamides is 1. The molecule has 0 aliphatic carbocycles. The Labute approximate surface area is 290 Å². The number of carbonyl (C=O) groups is 2. The van der Waals surface area contributed by atoms with E-state index < -0.39 is 34.1 Å². The van der Waals surface area contributed by atoms with Crippen molar-refractivity contribution in [2.24, 2.45) is 0 Å². The summed E-state index contributed by atoms with van der Waals surface area (Å²) < 4.78 is 35.6. The lowest BCUT2D eigenvalue weighted by atomic mass is 10.0. The molecule has 0 radical (unpaired) electrons. The Bertz CT molecular complexity index is 1810. The Kier molecular flexibility index (Phi) is 11.8. The fraction of sp³-hybridized carbons (Fsp3) is 0.278. The van der Waals surface area contributed by atoms with Crippen LogP contribution < -0.4 is 14.4 Å². The van der Waals surface area contributed by atoms with E-state index in [0.29, 0.717) is 5.75 Å². The van der Waals surface area contributed by atoms with Crippen LogP contribution in [0.25, 0.3) is 0 Å². The van der Waals surface area contributed by atoms with Crippen LogP contribution >= 0.6 is 27.5 Å². The minimum absolute atomic E-state index is 0.00712. The average molecular weight is 741 g/mol. The van der Waals surface area contributed by atoms with Crippen LogP contribution in [0.5, 0.6) is 5.75 Å². The van der Waals surface area contributed by atoms with Crippen molar-refractivity contribution >= 4 is 55.1 Å². The molecule has 0 bridgehead atoms. The number of hydrogen-bond donors (Lipinski definition) is 1. The van der Waals surface area contributed by atoms with Crippen molar-refractivity contribution in [2.45, 2.75) is 57.1 Å². The number of rotatable bonds is 12. The highest BCUT2D eigenvalue weighted by molar-refractivity contribution is 9.10. The predicted octanol–water partition coefficient (Wildman–Crippen LogP) is 7.17. The van der Waals surface area contributed by atoms with Crippen LogP contribution in [-0.4, -0.2) is 50.4 Å². The number of ether oxygens (including phenoxy) is 1. The Balaban J connectivity index is 1.84. The van der Waals surface area contributed by atoms with Crippen LogP contribution in [0.1, 0.15) is 37.5 Å². The van der Waals surface area contributed by atoms with Crippen LogP contribution in [-0.2, 0) is 32.6 Å². The van der Waals surface area contributed by atoms with E-state index in [9.17, 15) is 18.0 Å². The maximum atomic E-state index is 14.6. The molecule has 0 saturated carbocycles. The lowest BCUT2D eigenvalue weighted by Gasteiger charge is -2.35. The largest absolute Gasteiger partial charge is 0.495 e. The molecule has 47 heavy (non-hydrogen) atoms. The molecule has 4 aromatic carbocycles. The molecule has 2 amide bonds. The molecule has 4 aromatic rings. The Hall–Kier alpha value is -3.86. The average Bonchev–Trinajstić information content (AvgIpc) is 3.01. The van der Waals surface area contributed by atoms with Gasteiger partial charge in [-0.3, -0.25) is 13.9 Å². The van der Waals surface area contributed by atoms with E-state index in [1.807, 2.05) is 82.3 Å². The third kappa shape index (κ3) is 9.59. The van der Waals surface area contributed by atoms with Gasteiger partial charge in [0.15, 0.2) is 0 Å². The molecule has 0 saturated heterocycles. The lowest BCUT2D eigenvalue weighted by molar-refractivity contribution is -0.140. The van der Waals surface area contributed by atoms with Gasteiger partial charge in [0.05, 0.1) is 22.7 Å². The molecule has 11 heteroatoms. The monoisotopic (exact) mass is 739 g/mol. The summed E-state index contributed by atoms with van der Waals surface area (Å²) in [5.74, 6) is -0.574. The molecular formula is C36H39BrClN3O5S. The van der Waals surface area contributed by atoms with Gasteiger partial charge in [-0.15, -0.1) is 0 Å². The zero-order valence-electron chi connectivity index (χ0n) is 27.0. The van der Waals surface area contributed by atoms with Crippen molar-refractivity contribution in [1.82, 2.24) is 10.2 Å². The fourth-order valence-electron chi connectivity index (χ4n) is 5.02. The van der Waals surface area contributed by atoms with E-state index in [0.717, 1.165) is 25.5 Å². The first-order chi connectivity index (χ1) is 22.2. The third-order valence-corrected chi connectivity index (χ3v) is 9.90. The molecule has 0 aliphatic heterocycles. The molecule has 0 heterocycles. The van der Waals surface area contributed by atoms with Gasteiger partial charge < -0.3 is 15.0 Å². The summed E-state index contributed by atoms with van der Waals surface area (Å²) in [6.07, 6.45) is 0.210. The molecule has 0 spiro atoms. The van der Waals surface area contributed by atoms with E-state index >= 15 is 0 Å². The lowest BCUT2D eigenvalue weighted by Crippen LogP contribution is -2.56. The van der Waals surface area contributed by atoms with E-state index in [1.54, 1.807) is 18.2 Å². The summed E-state index contributed by atoms with van der Waals surface area (Å²) in [5, 5.41) is 3.21. The number of amides is 2. The second kappa shape index (κ2) is 15.4. The second-order valence-electron chi connectivity index (χ2n) is 12.2. The number of carbonyl (C=O) groups excluding carboxylic acids is 2. The van der Waals surface area contributed by atoms with Gasteiger partial charge in [0.1, 0.15) is 18.3 Å². The number of aryl methyl sites for hydroxylation is 1. The molecule has 248 valence electrons. The van der Waals surface area contributed by atoms with Crippen LogP contribution in [0.2, 0.25) is 5.02 Å². The maximum Gasteiger partial charge on any atom is 0.264 e. The van der Waals surface area contributed by atoms with Crippen molar-refractivity contribution in [3.8, 4) is 5.75 Å². The summed E-state index contributed by atoms with van der Waals surface area (Å²) in [7, 11) is -2.81. The Morgan fingerprint density at radius 3 is 2.17 bits per heavy atom. The number of halogens is 2. The topological polar surface area (TPSA) is 96.0 Å². The van der Waals surface area contributed by atoms with E-state index in [4.69, 9.17) is 16.3 Å². The SMILES string of the molecule is COc1ccc(N(CC(=O)N(Cc2cccc(Br)c2)[C@H](Cc2ccccc2)C(=O)NC(C)(C)C)S(=O)(=O)c2ccc(C)cc2)cc1Cl. The molecular weight excluding hydrogens is 702 g/mol. The van der Waals surface area contributed by atoms with Gasteiger partial charge in [-0.25, -0.2) is 8.42 Å². The minimum Gasteiger partial charge on any atom is -0.495 e. The normalized spacial score (nSPS) is 12.2. The Morgan fingerprint density at radius 1 is 0.915 bits per heavy atom. The second-order valence-corrected chi connectivity index (χ2v) is 15.4. The maximum absolute atomic E-state index is 14.6. The first kappa shape index (κ1) is 36.0. The number of anilines is 1. The standard InChI is InChI=1S/C36H39BrClN3O5S/c1-25-14-17-30(18-15-25)47(44,45)41(29-16-19-33(46-5)31(38)22-29)24-34(42)40(23-27-12-9-13-28(37)20-27)32(35(43)39-36(2,3)4)21-26-10-7-6-8-11-26/h6-20,22,32H,21,23-24H2,1-5H3,(H,39,43)/t32-/m1/s1. The summed E-state index contributed by atoms with van der Waals surface area (Å²) >= 11 is 9.96. The van der Waals surface area contributed by atoms with Crippen LogP contribution in [0, 0.1) is 6.92 Å². The summed E-state index contributed by atoms with van der Waals surface area (Å²) in [6, 6.07) is 26.8. The first-order valence-electron chi connectivity index (χ1n) is 15.0. The van der Waals surface area contributed by atoms with E-state index in [1.165, 1.54) is 36.3 Å². The number of nitrogens with zero attached hydrogens (tertiary/aromatic N) is 2. The van der Waals surface area contributed by atoms with E-state index in [2.05, 4.69) is 21.2 Å². The molecule has 0 fully saturated rings. The molecule has 8 nitrogen and oxygen atoms in total. The minimum atomic E-state index is -4.27. The number of nitrogens with one attached hydrogen (secondary N) is 1. The Morgan fingerprint density at radius 2 is 1.57 bits per heavy atom. The van der Waals surface area contributed by atoms with Crippen molar-refractivity contribution in [3.63, 3.8) is 0 Å². The van der Waals surface area contributed by atoms with Crippen molar-refractivity contribution in [2.75, 3.05) is 18.0 Å². The van der Waals surface area contributed by atoms with Crippen LogP contribution in [0.4, 0.5) is 5.69 Å². The first-order valence-corrected chi connectivity index (χ1v) is 17.6. The highest BCUT2D eigenvalue weighted by Gasteiger charge is 2.36. The molecule has 0 aliphatic rings. The van der Waals surface area contributed by atoms with Gasteiger partial charge in [0.25, 0.3) is 10.0 Å². The third-order valence-electron chi connectivity index (χ3n) is 7.32. The van der Waals surface area contributed by atoms with Gasteiger partial charge in [0, 0.05) is 23.0 Å². The summed E-state index contributed by atoms with van der Waals surface area (Å²) in [6.45, 7) is 6.92. The molecule has 1 N–H and O–H groups in total. The van der Waals surface area contributed by atoms with Gasteiger partial charge in [-0.05, 0) is 81.3 Å². The van der Waals surface area contributed by atoms with Crippen molar-refractivity contribution < 1.29 is 22.7 Å². The number of benzene rings is 4. The van der Waals surface area contributed by atoms with E-state index in [-0.39, 0.29) is 34.5 Å². The predicted molar refractivity (Wildman–Crippen MR) is 190 cm³/mol. The van der Waals surface area contributed by atoms with Crippen LogP contribution in [0.15, 0.2) is 106 Å². The highest BCUT2D eigenvalue weighted by atomic mass is 79.9. The zero-order valence-corrected chi connectivity index (χ0v) is 30.2. The van der Waals surface area contributed by atoms with Gasteiger partial charge >= 0.3 is 0 Å². The molecule has 4 rings (SSSR count). The smallest absolute Gasteiger partial charge is 0.264 e. The summed E-state index contributed by atoms with van der Waals surface area (Å²) in [4.78, 5) is 30.1. The number of methoxy groups -OCH3 is 1. The van der Waals surface area contributed by atoms with Gasteiger partial charge in [-0.1, -0.05) is 87.7 Å². The fourth-order valence-corrected chi connectivity index (χ4v) is 7.12. The highest BCUT2D eigenvalue weighted by Crippen LogP contribution is 2.32. The van der Waals surface area contributed by atoms with Gasteiger partial charge in [-0.2, -0.15) is 0 Å². The quantitative estimate of drug-likeness (QED) is 0.166. The van der Waals surface area contributed by atoms with Crippen molar-refractivity contribution in [3.05, 3.63) is 123 Å². The molecule has 1 atom stereocenters. The molecule has 0 unspecified atom stereocenters.